The van der Waals surface area contributed by atoms with Crippen LogP contribution < -0.4 is 5.32 Å². The smallest absolute Gasteiger partial charge is 0.124 e. The van der Waals surface area contributed by atoms with Crippen LogP contribution in [0.5, 0.6) is 0 Å². The molecule has 2 aromatic carbocycles. The molecular formula is C16H14BrF2N. The number of anilines is 1. The molecule has 0 heterocycles. The Morgan fingerprint density at radius 1 is 0.950 bits per heavy atom. The van der Waals surface area contributed by atoms with Crippen LogP contribution in [-0.4, -0.2) is 6.04 Å². The highest BCUT2D eigenvalue weighted by molar-refractivity contribution is 9.10. The summed E-state index contributed by atoms with van der Waals surface area (Å²) in [6.45, 7) is 0. The second kappa shape index (κ2) is 5.52. The fraction of sp³-hybridized carbons (Fsp3) is 0.250. The first kappa shape index (κ1) is 13.6. The molecule has 1 nitrogen and oxygen atoms in total. The van der Waals surface area contributed by atoms with Gasteiger partial charge in [-0.05, 0) is 70.6 Å². The highest BCUT2D eigenvalue weighted by Crippen LogP contribution is 2.39. The minimum atomic E-state index is -0.250. The van der Waals surface area contributed by atoms with Crippen molar-refractivity contribution in [1.29, 1.82) is 0 Å². The lowest BCUT2D eigenvalue weighted by Gasteiger charge is -2.37. The van der Waals surface area contributed by atoms with Crippen LogP contribution in [0.1, 0.15) is 24.3 Å². The molecule has 0 atom stereocenters. The quantitative estimate of drug-likeness (QED) is 0.822. The molecule has 4 heteroatoms. The van der Waals surface area contributed by atoms with Crippen LogP contribution in [-0.2, 0) is 0 Å². The fourth-order valence-electron chi connectivity index (χ4n) is 2.57. The average Bonchev–Trinajstić information content (AvgIpc) is 2.37. The highest BCUT2D eigenvalue weighted by atomic mass is 79.9. The molecule has 104 valence electrons. The number of nitrogens with one attached hydrogen (secondary N) is 1. The van der Waals surface area contributed by atoms with Crippen molar-refractivity contribution in [3.8, 4) is 0 Å². The molecule has 0 saturated heterocycles. The van der Waals surface area contributed by atoms with Crippen molar-refractivity contribution in [2.45, 2.75) is 24.8 Å². The van der Waals surface area contributed by atoms with E-state index >= 15 is 0 Å². The van der Waals surface area contributed by atoms with Crippen molar-refractivity contribution >= 4 is 21.6 Å². The summed E-state index contributed by atoms with van der Waals surface area (Å²) in [5, 5.41) is 3.40. The van der Waals surface area contributed by atoms with E-state index in [1.54, 1.807) is 6.07 Å². The van der Waals surface area contributed by atoms with E-state index < -0.39 is 0 Å². The van der Waals surface area contributed by atoms with Gasteiger partial charge in [-0.25, -0.2) is 8.78 Å². The number of hydrogen-bond acceptors (Lipinski definition) is 1. The lowest BCUT2D eigenvalue weighted by atomic mass is 9.76. The van der Waals surface area contributed by atoms with Crippen LogP contribution >= 0.6 is 15.9 Å². The standard InChI is InChI=1S/C16H14BrF2N/c17-15-9-13(19)5-6-16(15)20-14-7-11(8-14)10-1-3-12(18)4-2-10/h1-6,9,11,14,20H,7-8H2. The van der Waals surface area contributed by atoms with E-state index in [2.05, 4.69) is 21.2 Å². The summed E-state index contributed by atoms with van der Waals surface area (Å²) in [7, 11) is 0. The van der Waals surface area contributed by atoms with Gasteiger partial charge in [0.2, 0.25) is 0 Å². The minimum absolute atomic E-state index is 0.196. The van der Waals surface area contributed by atoms with Crippen LogP contribution in [0.2, 0.25) is 0 Å². The Labute approximate surface area is 125 Å². The van der Waals surface area contributed by atoms with Gasteiger partial charge in [-0.1, -0.05) is 12.1 Å². The summed E-state index contributed by atoms with van der Waals surface area (Å²) in [4.78, 5) is 0. The Bertz CT molecular complexity index is 606. The monoisotopic (exact) mass is 337 g/mol. The van der Waals surface area contributed by atoms with Crippen molar-refractivity contribution in [3.05, 3.63) is 64.1 Å². The predicted molar refractivity (Wildman–Crippen MR) is 79.9 cm³/mol. The Hall–Kier alpha value is -1.42. The van der Waals surface area contributed by atoms with Crippen molar-refractivity contribution < 1.29 is 8.78 Å². The molecule has 2 aromatic rings. The normalized spacial score (nSPS) is 21.4. The zero-order valence-corrected chi connectivity index (χ0v) is 12.3. The fourth-order valence-corrected chi connectivity index (χ4v) is 3.03. The van der Waals surface area contributed by atoms with E-state index in [9.17, 15) is 8.78 Å². The van der Waals surface area contributed by atoms with Gasteiger partial charge in [0.15, 0.2) is 0 Å². The van der Waals surface area contributed by atoms with Crippen LogP contribution in [0.25, 0.3) is 0 Å². The van der Waals surface area contributed by atoms with Gasteiger partial charge in [-0.2, -0.15) is 0 Å². The second-order valence-electron chi connectivity index (χ2n) is 5.19. The molecule has 1 aliphatic rings. The molecule has 0 bridgehead atoms. The first-order chi connectivity index (χ1) is 9.61. The summed E-state index contributed by atoms with van der Waals surface area (Å²) in [5.74, 6) is 0.0329. The summed E-state index contributed by atoms with van der Waals surface area (Å²) >= 11 is 3.35. The van der Waals surface area contributed by atoms with Crippen LogP contribution in [0.4, 0.5) is 14.5 Å². The summed E-state index contributed by atoms with van der Waals surface area (Å²) in [5.41, 5.74) is 2.09. The molecule has 0 radical (unpaired) electrons. The SMILES string of the molecule is Fc1ccc(C2CC(Nc3ccc(F)cc3Br)C2)cc1. The largest absolute Gasteiger partial charge is 0.381 e. The Morgan fingerprint density at radius 2 is 1.60 bits per heavy atom. The summed E-state index contributed by atoms with van der Waals surface area (Å²) in [6, 6.07) is 11.7. The average molecular weight is 338 g/mol. The summed E-state index contributed by atoms with van der Waals surface area (Å²) < 4.78 is 26.6. The van der Waals surface area contributed by atoms with Gasteiger partial charge >= 0.3 is 0 Å². The lowest BCUT2D eigenvalue weighted by Crippen LogP contribution is -2.34. The van der Waals surface area contributed by atoms with Gasteiger partial charge in [0, 0.05) is 16.2 Å². The second-order valence-corrected chi connectivity index (χ2v) is 6.04. The van der Waals surface area contributed by atoms with Gasteiger partial charge in [0.25, 0.3) is 0 Å². The molecule has 1 saturated carbocycles. The number of halogens is 3. The van der Waals surface area contributed by atoms with Crippen molar-refractivity contribution in [1.82, 2.24) is 0 Å². The van der Waals surface area contributed by atoms with Gasteiger partial charge in [-0.15, -0.1) is 0 Å². The maximum Gasteiger partial charge on any atom is 0.124 e. The van der Waals surface area contributed by atoms with Crippen LogP contribution in [0.3, 0.4) is 0 Å². The third-order valence-corrected chi connectivity index (χ3v) is 4.43. The lowest BCUT2D eigenvalue weighted by molar-refractivity contribution is 0.373. The van der Waals surface area contributed by atoms with Gasteiger partial charge in [-0.3, -0.25) is 0 Å². The van der Waals surface area contributed by atoms with E-state index in [4.69, 9.17) is 0 Å². The van der Waals surface area contributed by atoms with E-state index in [-0.39, 0.29) is 11.6 Å². The van der Waals surface area contributed by atoms with Gasteiger partial charge < -0.3 is 5.32 Å². The van der Waals surface area contributed by atoms with E-state index in [1.807, 2.05) is 12.1 Å². The molecule has 20 heavy (non-hydrogen) atoms. The van der Waals surface area contributed by atoms with Crippen molar-refractivity contribution in [2.75, 3.05) is 5.32 Å². The maximum absolute atomic E-state index is 13.0. The molecule has 0 aromatic heterocycles. The third kappa shape index (κ3) is 2.85. The molecule has 1 N–H and O–H groups in total. The number of rotatable bonds is 3. The molecule has 3 rings (SSSR count). The Balaban J connectivity index is 1.59. The highest BCUT2D eigenvalue weighted by Gasteiger charge is 2.30. The molecular weight excluding hydrogens is 324 g/mol. The van der Waals surface area contributed by atoms with Crippen LogP contribution in [0.15, 0.2) is 46.9 Å². The molecule has 1 fully saturated rings. The first-order valence-corrected chi connectivity index (χ1v) is 7.38. The van der Waals surface area contributed by atoms with Gasteiger partial charge in [0.1, 0.15) is 11.6 Å². The molecule has 0 amide bonds. The molecule has 0 spiro atoms. The molecule has 0 unspecified atom stereocenters. The maximum atomic E-state index is 13.0. The topological polar surface area (TPSA) is 12.0 Å². The third-order valence-electron chi connectivity index (χ3n) is 3.77. The molecule has 1 aliphatic carbocycles. The zero-order chi connectivity index (χ0) is 14.1. The minimum Gasteiger partial charge on any atom is -0.381 e. The van der Waals surface area contributed by atoms with Crippen LogP contribution in [0, 0.1) is 11.6 Å². The Kier molecular flexibility index (Phi) is 3.74. The number of hydrogen-bond donors (Lipinski definition) is 1. The van der Waals surface area contributed by atoms with Gasteiger partial charge in [0.05, 0.1) is 0 Å². The van der Waals surface area contributed by atoms with E-state index in [0.29, 0.717) is 12.0 Å². The van der Waals surface area contributed by atoms with E-state index in [1.165, 1.54) is 29.8 Å². The number of benzene rings is 2. The van der Waals surface area contributed by atoms with Crippen molar-refractivity contribution in [3.63, 3.8) is 0 Å². The Morgan fingerprint density at radius 3 is 2.25 bits per heavy atom. The van der Waals surface area contributed by atoms with Crippen molar-refractivity contribution in [2.24, 2.45) is 0 Å². The van der Waals surface area contributed by atoms with E-state index in [0.717, 1.165) is 23.0 Å². The zero-order valence-electron chi connectivity index (χ0n) is 10.7. The predicted octanol–water partition coefficient (Wildman–Crippen LogP) is 5.09. The molecule has 0 aliphatic heterocycles. The first-order valence-electron chi connectivity index (χ1n) is 6.59. The summed E-state index contributed by atoms with van der Waals surface area (Å²) in [6.07, 6.45) is 2.02.